The molecule has 0 radical (unpaired) electrons. The average Bonchev–Trinajstić information content (AvgIpc) is 2.79. The lowest BCUT2D eigenvalue weighted by Crippen LogP contribution is -2.23. The highest BCUT2D eigenvalue weighted by molar-refractivity contribution is 5.28. The second-order valence-electron chi connectivity index (χ2n) is 4.07. The van der Waals surface area contributed by atoms with E-state index in [1.165, 1.54) is 5.56 Å². The summed E-state index contributed by atoms with van der Waals surface area (Å²) in [6.07, 6.45) is 4.11. The molecule has 70 valence electrons. The summed E-state index contributed by atoms with van der Waals surface area (Å²) in [6, 6.07) is 4.12. The first-order valence-corrected chi connectivity index (χ1v) is 4.89. The lowest BCUT2D eigenvalue weighted by Gasteiger charge is -2.10. The van der Waals surface area contributed by atoms with Gasteiger partial charge in [-0.05, 0) is 37.0 Å². The monoisotopic (exact) mass is 176 g/mol. The first-order valence-electron chi connectivity index (χ1n) is 4.89. The molecule has 0 aromatic carbocycles. The van der Waals surface area contributed by atoms with Crippen molar-refractivity contribution in [3.05, 3.63) is 29.6 Å². The van der Waals surface area contributed by atoms with Crippen LogP contribution in [0, 0.1) is 12.8 Å². The maximum atomic E-state index is 6.23. The van der Waals surface area contributed by atoms with Crippen molar-refractivity contribution in [3.63, 3.8) is 0 Å². The Bertz CT molecular complexity index is 322. The third kappa shape index (κ3) is 1.35. The quantitative estimate of drug-likeness (QED) is 0.748. The zero-order valence-corrected chi connectivity index (χ0v) is 8.25. The number of pyridine rings is 1. The summed E-state index contributed by atoms with van der Waals surface area (Å²) in [6.45, 7) is 4.27. The van der Waals surface area contributed by atoms with Crippen molar-refractivity contribution in [2.24, 2.45) is 11.7 Å². The van der Waals surface area contributed by atoms with E-state index in [0.717, 1.165) is 18.5 Å². The number of nitrogens with zero attached hydrogens (tertiary/aromatic N) is 1. The molecule has 0 amide bonds. The van der Waals surface area contributed by atoms with Crippen molar-refractivity contribution >= 4 is 0 Å². The third-order valence-electron chi connectivity index (χ3n) is 3.04. The highest BCUT2D eigenvalue weighted by Gasteiger charge is 2.51. The predicted octanol–water partition coefficient (Wildman–Crippen LogP) is 1.97. The summed E-state index contributed by atoms with van der Waals surface area (Å²) >= 11 is 0. The van der Waals surface area contributed by atoms with Gasteiger partial charge in [0.1, 0.15) is 0 Å². The lowest BCUT2D eigenvalue weighted by molar-refractivity contribution is 0.598. The zero-order valence-electron chi connectivity index (χ0n) is 8.25. The molecule has 2 rings (SSSR count). The molecule has 2 N–H and O–H groups in total. The molecule has 13 heavy (non-hydrogen) atoms. The fraction of sp³-hybridized carbons (Fsp3) is 0.545. The molecule has 0 spiro atoms. The summed E-state index contributed by atoms with van der Waals surface area (Å²) < 4.78 is 0. The van der Waals surface area contributed by atoms with E-state index in [4.69, 9.17) is 5.73 Å². The van der Waals surface area contributed by atoms with E-state index in [0.29, 0.717) is 5.92 Å². The van der Waals surface area contributed by atoms with Crippen LogP contribution in [0.3, 0.4) is 0 Å². The van der Waals surface area contributed by atoms with E-state index < -0.39 is 0 Å². The minimum Gasteiger partial charge on any atom is -0.320 e. The molecule has 1 aromatic rings. The van der Waals surface area contributed by atoms with Gasteiger partial charge in [-0.1, -0.05) is 13.3 Å². The van der Waals surface area contributed by atoms with Crippen molar-refractivity contribution in [2.45, 2.75) is 32.2 Å². The molecule has 2 atom stereocenters. The molecule has 0 bridgehead atoms. The molecule has 1 aliphatic rings. The Morgan fingerprint density at radius 2 is 2.46 bits per heavy atom. The topological polar surface area (TPSA) is 38.9 Å². The summed E-state index contributed by atoms with van der Waals surface area (Å²) in [4.78, 5) is 4.35. The van der Waals surface area contributed by atoms with Crippen molar-refractivity contribution in [3.8, 4) is 0 Å². The van der Waals surface area contributed by atoms with Gasteiger partial charge in [-0.25, -0.2) is 0 Å². The Morgan fingerprint density at radius 3 is 3.00 bits per heavy atom. The van der Waals surface area contributed by atoms with E-state index in [1.807, 2.05) is 12.3 Å². The molecule has 2 heteroatoms. The molecule has 1 aliphatic carbocycles. The second kappa shape index (κ2) is 2.81. The fourth-order valence-electron chi connectivity index (χ4n) is 1.96. The maximum absolute atomic E-state index is 6.23. The highest BCUT2D eigenvalue weighted by Crippen LogP contribution is 2.50. The molecule has 1 heterocycles. The summed E-state index contributed by atoms with van der Waals surface area (Å²) in [7, 11) is 0. The van der Waals surface area contributed by atoms with Crippen molar-refractivity contribution in [2.75, 3.05) is 0 Å². The minimum atomic E-state index is -0.110. The van der Waals surface area contributed by atoms with Gasteiger partial charge in [-0.15, -0.1) is 0 Å². The van der Waals surface area contributed by atoms with E-state index in [-0.39, 0.29) is 5.54 Å². The second-order valence-corrected chi connectivity index (χ2v) is 4.07. The van der Waals surface area contributed by atoms with Gasteiger partial charge in [0.05, 0.1) is 11.2 Å². The van der Waals surface area contributed by atoms with Gasteiger partial charge < -0.3 is 5.73 Å². The molecule has 1 fully saturated rings. The summed E-state index contributed by atoms with van der Waals surface area (Å²) in [5.41, 5.74) is 8.43. The van der Waals surface area contributed by atoms with E-state index in [2.05, 4.69) is 24.9 Å². The van der Waals surface area contributed by atoms with Gasteiger partial charge in [-0.2, -0.15) is 0 Å². The van der Waals surface area contributed by atoms with Crippen molar-refractivity contribution < 1.29 is 0 Å². The van der Waals surface area contributed by atoms with Crippen molar-refractivity contribution in [1.82, 2.24) is 4.98 Å². The molecular formula is C11H16N2. The van der Waals surface area contributed by atoms with Crippen LogP contribution in [-0.4, -0.2) is 4.98 Å². The van der Waals surface area contributed by atoms with Crippen LogP contribution in [0.1, 0.15) is 31.0 Å². The predicted molar refractivity (Wildman–Crippen MR) is 53.2 cm³/mol. The van der Waals surface area contributed by atoms with Gasteiger partial charge in [0.25, 0.3) is 0 Å². The van der Waals surface area contributed by atoms with Gasteiger partial charge in [0.2, 0.25) is 0 Å². The SMILES string of the molecule is CCC1CC1(N)c1cc(C)ccn1. The summed E-state index contributed by atoms with van der Waals surface area (Å²) in [5.74, 6) is 0.641. The normalized spacial score (nSPS) is 31.8. The Balaban J connectivity index is 2.27. The Kier molecular flexibility index (Phi) is 1.88. The zero-order chi connectivity index (χ0) is 9.47. The van der Waals surface area contributed by atoms with Crippen LogP contribution < -0.4 is 5.73 Å². The fourth-order valence-corrected chi connectivity index (χ4v) is 1.96. The largest absolute Gasteiger partial charge is 0.320 e. The number of hydrogen-bond donors (Lipinski definition) is 1. The van der Waals surface area contributed by atoms with Crippen molar-refractivity contribution in [1.29, 1.82) is 0 Å². The smallest absolute Gasteiger partial charge is 0.0616 e. The number of rotatable bonds is 2. The van der Waals surface area contributed by atoms with Gasteiger partial charge in [0, 0.05) is 6.20 Å². The molecule has 0 aliphatic heterocycles. The van der Waals surface area contributed by atoms with Crippen LogP contribution >= 0.6 is 0 Å². The molecule has 1 aromatic heterocycles. The van der Waals surface area contributed by atoms with Crippen LogP contribution in [0.2, 0.25) is 0 Å². The number of nitrogens with two attached hydrogens (primary N) is 1. The van der Waals surface area contributed by atoms with E-state index in [1.54, 1.807) is 0 Å². The Labute approximate surface area is 79.2 Å². The molecule has 2 nitrogen and oxygen atoms in total. The van der Waals surface area contributed by atoms with Crippen LogP contribution in [0.25, 0.3) is 0 Å². The van der Waals surface area contributed by atoms with Crippen LogP contribution in [0.5, 0.6) is 0 Å². The maximum Gasteiger partial charge on any atom is 0.0616 e. The highest BCUT2D eigenvalue weighted by atomic mass is 14.9. The number of hydrogen-bond acceptors (Lipinski definition) is 2. The van der Waals surface area contributed by atoms with Gasteiger partial charge >= 0.3 is 0 Å². The number of aryl methyl sites for hydroxylation is 1. The molecular weight excluding hydrogens is 160 g/mol. The van der Waals surface area contributed by atoms with E-state index in [9.17, 15) is 0 Å². The van der Waals surface area contributed by atoms with Crippen LogP contribution in [0.4, 0.5) is 0 Å². The lowest BCUT2D eigenvalue weighted by atomic mass is 10.1. The van der Waals surface area contributed by atoms with Gasteiger partial charge in [0.15, 0.2) is 0 Å². The standard InChI is InChI=1S/C11H16N2/c1-3-9-7-11(9,12)10-6-8(2)4-5-13-10/h4-6,9H,3,7,12H2,1-2H3. The Morgan fingerprint density at radius 1 is 1.69 bits per heavy atom. The first-order chi connectivity index (χ1) is 6.16. The first kappa shape index (κ1) is 8.70. The average molecular weight is 176 g/mol. The molecule has 0 saturated heterocycles. The van der Waals surface area contributed by atoms with Crippen LogP contribution in [0.15, 0.2) is 18.3 Å². The van der Waals surface area contributed by atoms with Gasteiger partial charge in [-0.3, -0.25) is 4.98 Å². The molecule has 2 unspecified atom stereocenters. The third-order valence-corrected chi connectivity index (χ3v) is 3.04. The molecule has 1 saturated carbocycles. The number of aromatic nitrogens is 1. The summed E-state index contributed by atoms with van der Waals surface area (Å²) in [5, 5.41) is 0. The Hall–Kier alpha value is -0.890. The van der Waals surface area contributed by atoms with E-state index >= 15 is 0 Å². The van der Waals surface area contributed by atoms with Crippen LogP contribution in [-0.2, 0) is 5.54 Å². The minimum absolute atomic E-state index is 0.110.